The first-order valence-corrected chi connectivity index (χ1v) is 11.5. The van der Waals surface area contributed by atoms with Crippen molar-refractivity contribution in [2.75, 3.05) is 19.0 Å². The number of rotatable bonds is 7. The lowest BCUT2D eigenvalue weighted by Gasteiger charge is -2.24. The SMILES string of the molecule is CCCOc1ccc([C@H]2CC(=O)Nc3c2c(C)nn3-c2nncc(-c3ccc(OC)cc3)n2)cc1. The van der Waals surface area contributed by atoms with Crippen molar-refractivity contribution in [1.29, 1.82) is 0 Å². The van der Waals surface area contributed by atoms with E-state index in [1.165, 1.54) is 0 Å². The molecule has 0 aliphatic carbocycles. The van der Waals surface area contributed by atoms with Crippen LogP contribution >= 0.6 is 0 Å². The predicted octanol–water partition coefficient (Wildman–Crippen LogP) is 4.30. The van der Waals surface area contributed by atoms with E-state index in [2.05, 4.69) is 32.5 Å². The molecule has 9 nitrogen and oxygen atoms in total. The number of carbonyl (C=O) groups excluding carboxylic acids is 1. The topological polar surface area (TPSA) is 104 Å². The Morgan fingerprint density at radius 3 is 2.54 bits per heavy atom. The summed E-state index contributed by atoms with van der Waals surface area (Å²) in [6, 6.07) is 15.4. The summed E-state index contributed by atoms with van der Waals surface area (Å²) in [5.41, 5.74) is 4.28. The maximum absolute atomic E-state index is 12.7. The van der Waals surface area contributed by atoms with Crippen molar-refractivity contribution in [1.82, 2.24) is 25.0 Å². The van der Waals surface area contributed by atoms with Gasteiger partial charge < -0.3 is 14.8 Å². The highest BCUT2D eigenvalue weighted by Crippen LogP contribution is 2.40. The molecule has 2 aromatic carbocycles. The third kappa shape index (κ3) is 4.44. The van der Waals surface area contributed by atoms with E-state index in [4.69, 9.17) is 9.47 Å². The number of aryl methyl sites for hydroxylation is 1. The van der Waals surface area contributed by atoms with Gasteiger partial charge in [0, 0.05) is 23.5 Å². The van der Waals surface area contributed by atoms with E-state index in [1.54, 1.807) is 18.0 Å². The number of nitrogens with one attached hydrogen (secondary N) is 1. The van der Waals surface area contributed by atoms with E-state index in [0.717, 1.165) is 40.3 Å². The molecule has 0 saturated carbocycles. The largest absolute Gasteiger partial charge is 0.497 e. The summed E-state index contributed by atoms with van der Waals surface area (Å²) < 4.78 is 12.5. The smallest absolute Gasteiger partial charge is 0.272 e. The summed E-state index contributed by atoms with van der Waals surface area (Å²) in [6.45, 7) is 4.67. The van der Waals surface area contributed by atoms with Crippen molar-refractivity contribution in [2.45, 2.75) is 32.6 Å². The molecule has 1 amide bonds. The van der Waals surface area contributed by atoms with Gasteiger partial charge in [0.1, 0.15) is 17.3 Å². The van der Waals surface area contributed by atoms with E-state index in [-0.39, 0.29) is 17.8 Å². The maximum Gasteiger partial charge on any atom is 0.272 e. The number of ether oxygens (including phenoxy) is 2. The number of aromatic nitrogens is 5. The zero-order chi connectivity index (χ0) is 24.4. The van der Waals surface area contributed by atoms with Crippen LogP contribution in [0.4, 0.5) is 5.82 Å². The molecule has 1 atom stereocenters. The van der Waals surface area contributed by atoms with E-state index >= 15 is 0 Å². The number of methoxy groups -OCH3 is 1. The number of nitrogens with zero attached hydrogens (tertiary/aromatic N) is 5. The van der Waals surface area contributed by atoms with Crippen molar-refractivity contribution in [3.63, 3.8) is 0 Å². The summed E-state index contributed by atoms with van der Waals surface area (Å²) in [7, 11) is 1.62. The molecule has 1 aliphatic rings. The van der Waals surface area contributed by atoms with Crippen molar-refractivity contribution >= 4 is 11.7 Å². The van der Waals surface area contributed by atoms with Crippen LogP contribution in [-0.2, 0) is 4.79 Å². The van der Waals surface area contributed by atoms with Gasteiger partial charge >= 0.3 is 0 Å². The molecule has 0 spiro atoms. The van der Waals surface area contributed by atoms with Crippen LogP contribution in [0.15, 0.2) is 54.7 Å². The van der Waals surface area contributed by atoms with Crippen LogP contribution in [-0.4, -0.2) is 44.6 Å². The van der Waals surface area contributed by atoms with Crippen LogP contribution in [0.5, 0.6) is 11.5 Å². The molecule has 1 N–H and O–H groups in total. The molecule has 0 unspecified atom stereocenters. The third-order valence-corrected chi connectivity index (χ3v) is 5.98. The Hall–Kier alpha value is -4.27. The third-order valence-electron chi connectivity index (χ3n) is 5.98. The normalized spacial score (nSPS) is 14.8. The molecule has 2 aromatic heterocycles. The van der Waals surface area contributed by atoms with Gasteiger partial charge in [-0.05, 0) is 55.3 Å². The molecular formula is C26H26N6O3. The van der Waals surface area contributed by atoms with Gasteiger partial charge in [0.25, 0.3) is 5.95 Å². The fourth-order valence-electron chi connectivity index (χ4n) is 4.28. The van der Waals surface area contributed by atoms with Crippen molar-refractivity contribution < 1.29 is 14.3 Å². The highest BCUT2D eigenvalue weighted by atomic mass is 16.5. The monoisotopic (exact) mass is 470 g/mol. The molecule has 35 heavy (non-hydrogen) atoms. The molecule has 4 aromatic rings. The zero-order valence-corrected chi connectivity index (χ0v) is 19.9. The number of benzene rings is 2. The zero-order valence-electron chi connectivity index (χ0n) is 19.9. The highest BCUT2D eigenvalue weighted by molar-refractivity contribution is 5.95. The van der Waals surface area contributed by atoms with Crippen LogP contribution in [0.3, 0.4) is 0 Å². The van der Waals surface area contributed by atoms with Gasteiger partial charge in [-0.15, -0.1) is 5.10 Å². The Kier molecular flexibility index (Phi) is 6.13. The number of anilines is 1. The summed E-state index contributed by atoms with van der Waals surface area (Å²) >= 11 is 0. The molecule has 5 rings (SSSR count). The minimum Gasteiger partial charge on any atom is -0.497 e. The van der Waals surface area contributed by atoms with Gasteiger partial charge in [-0.25, -0.2) is 4.98 Å². The Labute approximate surface area is 203 Å². The fourth-order valence-corrected chi connectivity index (χ4v) is 4.28. The first-order valence-electron chi connectivity index (χ1n) is 11.5. The Balaban J connectivity index is 1.51. The Morgan fingerprint density at radius 1 is 1.09 bits per heavy atom. The highest BCUT2D eigenvalue weighted by Gasteiger charge is 2.33. The number of amides is 1. The molecule has 9 heteroatoms. The Bertz CT molecular complexity index is 1350. The first-order chi connectivity index (χ1) is 17.1. The lowest BCUT2D eigenvalue weighted by Crippen LogP contribution is -2.25. The lowest BCUT2D eigenvalue weighted by molar-refractivity contribution is -0.116. The van der Waals surface area contributed by atoms with Gasteiger partial charge in [0.2, 0.25) is 5.91 Å². The summed E-state index contributed by atoms with van der Waals surface area (Å²) in [6.07, 6.45) is 2.88. The fraction of sp³-hybridized carbons (Fsp3) is 0.269. The van der Waals surface area contributed by atoms with E-state index in [0.29, 0.717) is 24.5 Å². The average molecular weight is 471 g/mol. The molecule has 1 aliphatic heterocycles. The molecule has 0 bridgehead atoms. The second kappa shape index (κ2) is 9.54. The second-order valence-corrected chi connectivity index (χ2v) is 8.35. The number of carbonyl (C=O) groups is 1. The molecule has 178 valence electrons. The Morgan fingerprint density at radius 2 is 1.83 bits per heavy atom. The van der Waals surface area contributed by atoms with E-state index in [9.17, 15) is 4.79 Å². The van der Waals surface area contributed by atoms with Gasteiger partial charge in [0.05, 0.1) is 31.3 Å². The summed E-state index contributed by atoms with van der Waals surface area (Å²) in [5, 5.41) is 16.0. The number of hydrogen-bond acceptors (Lipinski definition) is 7. The molecule has 0 fully saturated rings. The quantitative estimate of drug-likeness (QED) is 0.429. The first kappa shape index (κ1) is 22.5. The predicted molar refractivity (Wildman–Crippen MR) is 131 cm³/mol. The number of fused-ring (bicyclic) bond motifs is 1. The second-order valence-electron chi connectivity index (χ2n) is 8.35. The van der Waals surface area contributed by atoms with E-state index < -0.39 is 0 Å². The minimum atomic E-state index is -0.134. The van der Waals surface area contributed by atoms with Gasteiger partial charge in [-0.3, -0.25) is 4.79 Å². The van der Waals surface area contributed by atoms with Gasteiger partial charge in [-0.2, -0.15) is 14.9 Å². The molecule has 0 radical (unpaired) electrons. The summed E-state index contributed by atoms with van der Waals surface area (Å²) in [4.78, 5) is 17.4. The van der Waals surface area contributed by atoms with Gasteiger partial charge in [0.15, 0.2) is 0 Å². The van der Waals surface area contributed by atoms with Crippen molar-refractivity contribution in [2.24, 2.45) is 0 Å². The maximum atomic E-state index is 12.7. The van der Waals surface area contributed by atoms with E-state index in [1.807, 2.05) is 55.5 Å². The lowest BCUT2D eigenvalue weighted by atomic mass is 9.86. The van der Waals surface area contributed by atoms with Crippen LogP contribution in [0.25, 0.3) is 17.2 Å². The summed E-state index contributed by atoms with van der Waals surface area (Å²) in [5.74, 6) is 2.21. The van der Waals surface area contributed by atoms with Crippen molar-refractivity contribution in [3.05, 3.63) is 71.5 Å². The minimum absolute atomic E-state index is 0.0887. The number of hydrogen-bond donors (Lipinski definition) is 1. The molecular weight excluding hydrogens is 444 g/mol. The van der Waals surface area contributed by atoms with Gasteiger partial charge in [-0.1, -0.05) is 19.1 Å². The molecule has 0 saturated heterocycles. The molecule has 3 heterocycles. The van der Waals surface area contributed by atoms with Crippen LogP contribution in [0, 0.1) is 6.92 Å². The van der Waals surface area contributed by atoms with Crippen LogP contribution in [0.2, 0.25) is 0 Å². The standard InChI is InChI=1S/C26H26N6O3/c1-4-13-35-20-11-5-17(6-12-20)21-14-23(33)29-25-24(21)16(2)31-32(25)26-28-22(15-27-30-26)18-7-9-19(34-3)10-8-18/h5-12,15,21H,4,13-14H2,1-3H3,(H,29,33)/t21-/m1/s1. The van der Waals surface area contributed by atoms with Crippen molar-refractivity contribution in [3.8, 4) is 28.7 Å². The average Bonchev–Trinajstić information content (AvgIpc) is 3.23. The van der Waals surface area contributed by atoms with Crippen LogP contribution in [0.1, 0.15) is 42.5 Å². The van der Waals surface area contributed by atoms with Crippen LogP contribution < -0.4 is 14.8 Å².